The first-order chi connectivity index (χ1) is 10.1. The van der Waals surface area contributed by atoms with E-state index in [4.69, 9.17) is 4.74 Å². The molecule has 2 bridgehead atoms. The molecular formula is C17H18O4. The van der Waals surface area contributed by atoms with Crippen molar-refractivity contribution in [2.45, 2.75) is 55.6 Å². The van der Waals surface area contributed by atoms with E-state index in [9.17, 15) is 15.0 Å². The minimum atomic E-state index is -0.851. The van der Waals surface area contributed by atoms with Crippen molar-refractivity contribution in [3.05, 3.63) is 23.3 Å². The molecule has 0 amide bonds. The monoisotopic (exact) mass is 286 g/mol. The van der Waals surface area contributed by atoms with Gasteiger partial charge in [0.05, 0.1) is 11.0 Å². The Morgan fingerprint density at radius 1 is 1.29 bits per heavy atom. The maximum atomic E-state index is 12.5. The van der Waals surface area contributed by atoms with Crippen LogP contribution in [0.4, 0.5) is 0 Å². The van der Waals surface area contributed by atoms with Gasteiger partial charge in [-0.05, 0) is 43.2 Å². The third-order valence-corrected chi connectivity index (χ3v) is 6.44. The summed E-state index contributed by atoms with van der Waals surface area (Å²) in [6.07, 6.45) is 3.92. The Labute approximate surface area is 122 Å². The number of aromatic hydroxyl groups is 1. The summed E-state index contributed by atoms with van der Waals surface area (Å²) in [5.41, 5.74) is 0.608. The molecule has 4 heteroatoms. The van der Waals surface area contributed by atoms with Gasteiger partial charge in [0.2, 0.25) is 0 Å². The van der Waals surface area contributed by atoms with Crippen LogP contribution >= 0.6 is 0 Å². The number of Topliss-reactive ketones (excluding diaryl/α,β-unsaturated/α-hetero) is 1. The summed E-state index contributed by atoms with van der Waals surface area (Å²) in [5, 5.41) is 21.7. The van der Waals surface area contributed by atoms with E-state index in [0.717, 1.165) is 36.8 Å². The number of aliphatic hydroxyl groups is 1. The second-order valence-corrected chi connectivity index (χ2v) is 7.10. The normalized spacial score (nSPS) is 42.4. The number of phenolic OH excluding ortho intramolecular Hbond substituents is 1. The lowest BCUT2D eigenvalue weighted by Crippen LogP contribution is -2.69. The van der Waals surface area contributed by atoms with Crippen molar-refractivity contribution in [1.29, 1.82) is 0 Å². The van der Waals surface area contributed by atoms with E-state index >= 15 is 0 Å². The number of hydrogen-bond acceptors (Lipinski definition) is 4. The van der Waals surface area contributed by atoms with Crippen LogP contribution < -0.4 is 4.74 Å². The zero-order valence-corrected chi connectivity index (χ0v) is 11.8. The Kier molecular flexibility index (Phi) is 1.97. The summed E-state index contributed by atoms with van der Waals surface area (Å²) in [4.78, 5) is 12.5. The molecule has 4 aliphatic rings. The van der Waals surface area contributed by atoms with Gasteiger partial charge in [-0.3, -0.25) is 4.79 Å². The van der Waals surface area contributed by atoms with Gasteiger partial charge in [-0.25, -0.2) is 0 Å². The number of carbonyl (C=O) groups is 1. The van der Waals surface area contributed by atoms with Crippen molar-refractivity contribution >= 4 is 5.78 Å². The van der Waals surface area contributed by atoms with Gasteiger partial charge in [-0.1, -0.05) is 12.5 Å². The van der Waals surface area contributed by atoms with Crippen LogP contribution in [0.15, 0.2) is 12.1 Å². The zero-order valence-electron chi connectivity index (χ0n) is 11.8. The topological polar surface area (TPSA) is 66.8 Å². The van der Waals surface area contributed by atoms with Crippen molar-refractivity contribution < 1.29 is 19.7 Å². The van der Waals surface area contributed by atoms with Crippen molar-refractivity contribution in [2.24, 2.45) is 5.92 Å². The highest BCUT2D eigenvalue weighted by Crippen LogP contribution is 2.66. The van der Waals surface area contributed by atoms with Crippen LogP contribution in [0.3, 0.4) is 0 Å². The van der Waals surface area contributed by atoms with Gasteiger partial charge < -0.3 is 14.9 Å². The maximum Gasteiger partial charge on any atom is 0.174 e. The van der Waals surface area contributed by atoms with Crippen molar-refractivity contribution in [1.82, 2.24) is 0 Å². The lowest BCUT2D eigenvalue weighted by molar-refractivity contribution is -0.177. The Bertz CT molecular complexity index is 682. The number of hydrogen-bond donors (Lipinski definition) is 2. The Morgan fingerprint density at radius 2 is 2.14 bits per heavy atom. The van der Waals surface area contributed by atoms with E-state index in [1.54, 1.807) is 6.07 Å². The van der Waals surface area contributed by atoms with Gasteiger partial charge in [0.1, 0.15) is 0 Å². The quantitative estimate of drug-likeness (QED) is 0.763. The van der Waals surface area contributed by atoms with Gasteiger partial charge in [0.25, 0.3) is 0 Å². The third-order valence-electron chi connectivity index (χ3n) is 6.44. The van der Waals surface area contributed by atoms with Gasteiger partial charge in [0.15, 0.2) is 23.4 Å². The summed E-state index contributed by atoms with van der Waals surface area (Å²) >= 11 is 0. The predicted molar refractivity (Wildman–Crippen MR) is 74.4 cm³/mol. The molecule has 4 atom stereocenters. The van der Waals surface area contributed by atoms with Gasteiger partial charge in [0, 0.05) is 12.0 Å². The molecule has 1 aromatic carbocycles. The molecule has 2 N–H and O–H groups in total. The standard InChI is InChI=1S/C17H18O4/c18-11-4-3-9-8-10-2-1-6-16-13(9)14(11)21-15(16)12(19)5-7-17(10,16)20/h3-4,10,15,18,20H,1-2,5-8H2/t10-,15+,16+,17?/m1/s1. The number of phenols is 1. The molecule has 1 spiro atoms. The fourth-order valence-electron chi connectivity index (χ4n) is 5.64. The molecule has 0 aromatic heterocycles. The Hall–Kier alpha value is -1.55. The lowest BCUT2D eigenvalue weighted by Gasteiger charge is -2.59. The highest BCUT2D eigenvalue weighted by Gasteiger charge is 2.71. The second-order valence-electron chi connectivity index (χ2n) is 7.10. The maximum absolute atomic E-state index is 12.5. The third kappa shape index (κ3) is 1.10. The van der Waals surface area contributed by atoms with E-state index in [0.29, 0.717) is 18.6 Å². The minimum absolute atomic E-state index is 0.0729. The van der Waals surface area contributed by atoms with Crippen LogP contribution in [-0.2, 0) is 16.6 Å². The molecule has 110 valence electrons. The summed E-state index contributed by atoms with van der Waals surface area (Å²) in [7, 11) is 0. The van der Waals surface area contributed by atoms with Crippen LogP contribution in [0.5, 0.6) is 11.5 Å². The highest BCUT2D eigenvalue weighted by molar-refractivity contribution is 5.89. The molecule has 1 heterocycles. The fourth-order valence-corrected chi connectivity index (χ4v) is 5.64. The van der Waals surface area contributed by atoms with E-state index in [1.165, 1.54) is 0 Å². The SMILES string of the molecule is O=C1CCC2(O)[C@@H]3CCC[C@@]24c2c(ccc(O)c2O[C@@H]14)C3. The van der Waals surface area contributed by atoms with E-state index in [2.05, 4.69) is 0 Å². The van der Waals surface area contributed by atoms with Crippen LogP contribution in [0.25, 0.3) is 0 Å². The van der Waals surface area contributed by atoms with Gasteiger partial charge in [-0.2, -0.15) is 0 Å². The molecule has 2 saturated carbocycles. The average Bonchev–Trinajstić information content (AvgIpc) is 2.80. The zero-order chi connectivity index (χ0) is 14.4. The summed E-state index contributed by atoms with van der Waals surface area (Å²) in [6.45, 7) is 0. The van der Waals surface area contributed by atoms with E-state index in [-0.39, 0.29) is 17.5 Å². The van der Waals surface area contributed by atoms with Crippen LogP contribution in [-0.4, -0.2) is 27.7 Å². The molecule has 5 rings (SSSR count). The summed E-state index contributed by atoms with van der Waals surface area (Å²) < 4.78 is 5.93. The van der Waals surface area contributed by atoms with Crippen molar-refractivity contribution in [3.63, 3.8) is 0 Å². The number of ketones is 1. The smallest absolute Gasteiger partial charge is 0.174 e. The Balaban J connectivity index is 1.89. The molecule has 3 aliphatic carbocycles. The molecule has 0 saturated heterocycles. The summed E-state index contributed by atoms with van der Waals surface area (Å²) in [6, 6.07) is 3.60. The number of ether oxygens (including phenoxy) is 1. The molecule has 1 aliphatic heterocycles. The van der Waals surface area contributed by atoms with Crippen LogP contribution in [0.2, 0.25) is 0 Å². The second kappa shape index (κ2) is 3.43. The number of rotatable bonds is 0. The number of benzene rings is 1. The van der Waals surface area contributed by atoms with Crippen LogP contribution in [0.1, 0.15) is 43.2 Å². The van der Waals surface area contributed by atoms with Gasteiger partial charge in [-0.15, -0.1) is 0 Å². The largest absolute Gasteiger partial charge is 0.504 e. The molecule has 21 heavy (non-hydrogen) atoms. The lowest BCUT2D eigenvalue weighted by atomic mass is 9.46. The van der Waals surface area contributed by atoms with Gasteiger partial charge >= 0.3 is 0 Å². The van der Waals surface area contributed by atoms with Crippen LogP contribution in [0, 0.1) is 5.92 Å². The molecule has 1 aromatic rings. The Morgan fingerprint density at radius 3 is 3.00 bits per heavy atom. The molecule has 2 fully saturated rings. The number of carbonyl (C=O) groups excluding carboxylic acids is 1. The first-order valence-electron chi connectivity index (χ1n) is 7.85. The predicted octanol–water partition coefficient (Wildman–Crippen LogP) is 1.84. The first-order valence-corrected chi connectivity index (χ1v) is 7.85. The molecular weight excluding hydrogens is 268 g/mol. The average molecular weight is 286 g/mol. The molecule has 4 nitrogen and oxygen atoms in total. The molecule has 1 unspecified atom stereocenters. The van der Waals surface area contributed by atoms with E-state index < -0.39 is 17.1 Å². The first kappa shape index (κ1) is 12.0. The van der Waals surface area contributed by atoms with Crippen molar-refractivity contribution in [2.75, 3.05) is 0 Å². The highest BCUT2D eigenvalue weighted by atomic mass is 16.5. The minimum Gasteiger partial charge on any atom is -0.504 e. The fraction of sp³-hybridized carbons (Fsp3) is 0.588. The van der Waals surface area contributed by atoms with E-state index in [1.807, 2.05) is 6.07 Å². The van der Waals surface area contributed by atoms with Crippen molar-refractivity contribution in [3.8, 4) is 11.5 Å². The molecule has 0 radical (unpaired) electrons. The summed E-state index contributed by atoms with van der Waals surface area (Å²) in [5.74, 6) is 0.820.